The maximum Gasteiger partial charge on any atom is 0.472 e. The molecule has 1 aromatic carbocycles. The molecular formula is C31H38FN5O16P2. The first-order valence-corrected chi connectivity index (χ1v) is 20.0. The zero-order chi connectivity index (χ0) is 39.3. The Labute approximate surface area is 309 Å². The number of rotatable bonds is 6. The number of phosphoric acid groups is 2. The SMILES string of the molecule is COC1(O[C@@H]2[C@@H]3OP(=O)(O)OC[C@H]4O[C@@H](n5cc(C)c(=O)[nH]c5=O)C[C@@H]4OP(=O)(O)OC[C@H]3O[C@H]2n2ccc(=O)[nH]c2=O)CCN(c2ccccc2F)CC1. The lowest BCUT2D eigenvalue weighted by Gasteiger charge is -2.44. The van der Waals surface area contributed by atoms with E-state index in [-0.39, 0.29) is 37.9 Å². The number of phosphoric ester groups is 2. The van der Waals surface area contributed by atoms with Crippen molar-refractivity contribution in [3.63, 3.8) is 0 Å². The number of hydrogen-bond acceptors (Lipinski definition) is 15. The second-order valence-electron chi connectivity index (χ2n) is 13.3. The van der Waals surface area contributed by atoms with Crippen LogP contribution in [0.15, 0.2) is 61.9 Å². The third-order valence-electron chi connectivity index (χ3n) is 9.82. The Balaban J connectivity index is 1.19. The number of anilines is 1. The zero-order valence-electron chi connectivity index (χ0n) is 29.3. The molecule has 4 fully saturated rings. The van der Waals surface area contributed by atoms with Crippen LogP contribution in [-0.2, 0) is 46.2 Å². The Morgan fingerprint density at radius 2 is 1.56 bits per heavy atom. The van der Waals surface area contributed by atoms with E-state index in [9.17, 15) is 42.5 Å². The summed E-state index contributed by atoms with van der Waals surface area (Å²) in [5.74, 6) is -1.91. The smallest absolute Gasteiger partial charge is 0.369 e. The molecule has 300 valence electrons. The van der Waals surface area contributed by atoms with Crippen molar-refractivity contribution in [3.8, 4) is 0 Å². The summed E-state index contributed by atoms with van der Waals surface area (Å²) in [6.45, 7) is 0.288. The second-order valence-corrected chi connectivity index (χ2v) is 16.1. The van der Waals surface area contributed by atoms with Crippen LogP contribution in [0.3, 0.4) is 0 Å². The third-order valence-corrected chi connectivity index (χ3v) is 11.8. The van der Waals surface area contributed by atoms with Crippen molar-refractivity contribution in [2.45, 2.75) is 74.9 Å². The molecule has 0 spiro atoms. The van der Waals surface area contributed by atoms with Gasteiger partial charge in [0.05, 0.1) is 18.9 Å². The fourth-order valence-electron chi connectivity index (χ4n) is 7.01. The van der Waals surface area contributed by atoms with Gasteiger partial charge in [0.1, 0.15) is 42.6 Å². The number of nitrogens with one attached hydrogen (secondary N) is 2. The minimum Gasteiger partial charge on any atom is -0.369 e. The van der Waals surface area contributed by atoms with Crippen LogP contribution in [-0.4, -0.2) is 98.6 Å². The average Bonchev–Trinajstić information content (AvgIpc) is 3.67. The number of H-pyrrole nitrogens is 2. The van der Waals surface area contributed by atoms with Crippen LogP contribution in [0, 0.1) is 12.7 Å². The highest BCUT2D eigenvalue weighted by Gasteiger charge is 2.55. The van der Waals surface area contributed by atoms with E-state index >= 15 is 0 Å². The molecule has 0 bridgehead atoms. The number of fused-ring (bicyclic) bond motifs is 2. The number of benzene rings is 1. The van der Waals surface area contributed by atoms with Crippen molar-refractivity contribution >= 4 is 21.3 Å². The normalized spacial score (nSPS) is 34.0. The van der Waals surface area contributed by atoms with E-state index in [0.717, 1.165) is 21.4 Å². The van der Waals surface area contributed by atoms with Crippen LogP contribution in [0.1, 0.15) is 37.3 Å². The number of aromatic nitrogens is 4. The highest BCUT2D eigenvalue weighted by Crippen LogP contribution is 2.54. The maximum absolute atomic E-state index is 14.6. The van der Waals surface area contributed by atoms with E-state index < -0.39 is 106 Å². The molecule has 4 aliphatic rings. The number of methoxy groups -OCH3 is 1. The molecule has 4 saturated heterocycles. The molecule has 0 radical (unpaired) electrons. The number of nitrogens with zero attached hydrogens (tertiary/aromatic N) is 3. The van der Waals surface area contributed by atoms with Gasteiger partial charge < -0.3 is 33.6 Å². The average molecular weight is 818 g/mol. The molecule has 3 aromatic rings. The Hall–Kier alpha value is -3.63. The van der Waals surface area contributed by atoms with Gasteiger partial charge in [-0.25, -0.2) is 23.1 Å². The number of para-hydroxylation sites is 1. The van der Waals surface area contributed by atoms with Crippen molar-refractivity contribution in [1.29, 1.82) is 0 Å². The first-order chi connectivity index (χ1) is 26.1. The molecule has 4 N–H and O–H groups in total. The highest BCUT2D eigenvalue weighted by atomic mass is 31.2. The molecular weight excluding hydrogens is 779 g/mol. The predicted molar refractivity (Wildman–Crippen MR) is 184 cm³/mol. The molecule has 24 heteroatoms. The monoisotopic (exact) mass is 817 g/mol. The van der Waals surface area contributed by atoms with E-state index in [4.69, 9.17) is 37.0 Å². The first-order valence-electron chi connectivity index (χ1n) is 17.0. The van der Waals surface area contributed by atoms with Crippen molar-refractivity contribution in [1.82, 2.24) is 19.1 Å². The van der Waals surface area contributed by atoms with Gasteiger partial charge in [0, 0.05) is 63.5 Å². The Bertz CT molecular complexity index is 2240. The van der Waals surface area contributed by atoms with Gasteiger partial charge in [-0.15, -0.1) is 0 Å². The largest absolute Gasteiger partial charge is 0.472 e. The van der Waals surface area contributed by atoms with Gasteiger partial charge >= 0.3 is 27.0 Å². The molecule has 55 heavy (non-hydrogen) atoms. The van der Waals surface area contributed by atoms with Crippen molar-refractivity contribution in [2.75, 3.05) is 38.3 Å². The summed E-state index contributed by atoms with van der Waals surface area (Å²) >= 11 is 0. The van der Waals surface area contributed by atoms with Crippen molar-refractivity contribution < 1.29 is 60.3 Å². The topological polar surface area (TPSA) is 261 Å². The maximum atomic E-state index is 14.6. The van der Waals surface area contributed by atoms with E-state index in [1.54, 1.807) is 23.1 Å². The van der Waals surface area contributed by atoms with Crippen LogP contribution in [0.5, 0.6) is 0 Å². The summed E-state index contributed by atoms with van der Waals surface area (Å²) in [7, 11) is -8.83. The van der Waals surface area contributed by atoms with Gasteiger partial charge in [0.15, 0.2) is 12.0 Å². The molecule has 0 amide bonds. The lowest BCUT2D eigenvalue weighted by molar-refractivity contribution is -0.275. The molecule has 6 heterocycles. The third kappa shape index (κ3) is 8.41. The molecule has 0 saturated carbocycles. The summed E-state index contributed by atoms with van der Waals surface area (Å²) in [4.78, 5) is 77.4. The van der Waals surface area contributed by atoms with Crippen molar-refractivity contribution in [3.05, 3.63) is 95.8 Å². The predicted octanol–water partition coefficient (Wildman–Crippen LogP) is 0.766. The van der Waals surface area contributed by atoms with Gasteiger partial charge in [-0.1, -0.05) is 12.1 Å². The molecule has 7 rings (SSSR count). The summed E-state index contributed by atoms with van der Waals surface area (Å²) < 4.78 is 89.7. The van der Waals surface area contributed by atoms with Crippen molar-refractivity contribution in [2.24, 2.45) is 0 Å². The Morgan fingerprint density at radius 3 is 2.25 bits per heavy atom. The van der Waals surface area contributed by atoms with Crippen LogP contribution >= 0.6 is 15.6 Å². The van der Waals surface area contributed by atoms with Gasteiger partial charge in [-0.05, 0) is 19.1 Å². The lowest BCUT2D eigenvalue weighted by atomic mass is 10.0. The van der Waals surface area contributed by atoms with Gasteiger partial charge in [-0.3, -0.25) is 46.8 Å². The highest BCUT2D eigenvalue weighted by molar-refractivity contribution is 7.47. The fraction of sp³-hybridized carbons (Fsp3) is 0.548. The van der Waals surface area contributed by atoms with Gasteiger partial charge in [0.2, 0.25) is 0 Å². The lowest BCUT2D eigenvalue weighted by Crippen LogP contribution is -2.52. The van der Waals surface area contributed by atoms with E-state index in [0.29, 0.717) is 5.69 Å². The Kier molecular flexibility index (Phi) is 11.1. The van der Waals surface area contributed by atoms with Gasteiger partial charge in [0.25, 0.3) is 11.1 Å². The first kappa shape index (κ1) is 39.6. The molecule has 9 atom stereocenters. The van der Waals surface area contributed by atoms with Crippen LogP contribution in [0.25, 0.3) is 0 Å². The minimum atomic E-state index is -5.15. The summed E-state index contributed by atoms with van der Waals surface area (Å²) in [6.07, 6.45) is -7.85. The molecule has 0 aliphatic carbocycles. The number of piperidine rings is 1. The van der Waals surface area contributed by atoms with Crippen LogP contribution < -0.4 is 27.4 Å². The van der Waals surface area contributed by atoms with Crippen LogP contribution in [0.4, 0.5) is 10.1 Å². The summed E-state index contributed by atoms with van der Waals surface area (Å²) in [5, 5.41) is 0. The molecule has 2 unspecified atom stereocenters. The standard InChI is InChI=1S/C31H38FN5O16P2/c1-17-14-37(30(41)34-27(17)39)24-13-20-21(49-24)15-47-55(44,45)53-25-22(16-48-54(42,43)52-20)50-28(36-10-7-23(38)33-29(36)40)26(25)51-31(46-2)8-11-35(12-9-31)19-6-4-3-5-18(19)32/h3-7,10,14,20-22,24-26,28H,8-9,11-13,15-16H2,1-2H3,(H,42,43)(H,44,45)(H,33,38,40)(H,34,39,41)/t20-,21+,22+,24+,25+,26+,28+/m0/s1. The summed E-state index contributed by atoms with van der Waals surface area (Å²) in [6, 6.07) is 7.22. The number of aromatic amines is 2. The van der Waals surface area contributed by atoms with E-state index in [1.165, 1.54) is 26.3 Å². The van der Waals surface area contributed by atoms with E-state index in [1.807, 2.05) is 0 Å². The zero-order valence-corrected chi connectivity index (χ0v) is 31.0. The number of hydrogen-bond donors (Lipinski definition) is 4. The molecule has 4 aliphatic heterocycles. The second kappa shape index (κ2) is 15.4. The quantitative estimate of drug-likeness (QED) is 0.198. The molecule has 21 nitrogen and oxygen atoms in total. The molecule has 2 aromatic heterocycles. The Morgan fingerprint density at radius 1 is 0.891 bits per heavy atom. The number of halogens is 1. The van der Waals surface area contributed by atoms with Crippen LogP contribution in [0.2, 0.25) is 0 Å². The van der Waals surface area contributed by atoms with E-state index in [2.05, 4.69) is 9.97 Å². The fourth-order valence-corrected chi connectivity index (χ4v) is 8.93. The minimum absolute atomic E-state index is 0.113. The number of ether oxygens (including phenoxy) is 4. The van der Waals surface area contributed by atoms with Gasteiger partial charge in [-0.2, -0.15) is 0 Å². The number of aryl methyl sites for hydroxylation is 1. The summed E-state index contributed by atoms with van der Waals surface area (Å²) in [5.41, 5.74) is -2.67.